The average Bonchev–Trinajstić information content (AvgIpc) is 3.03. The SMILES string of the molecule is CC(C)(C)C(=O)c1c(N)[nH]c(C(=O)c2ccccc2)c1-c1ccc([N+](=O)[O-])cc1. The first-order chi connectivity index (χ1) is 13.6. The van der Waals surface area contributed by atoms with Crippen LogP contribution in [-0.4, -0.2) is 21.5 Å². The van der Waals surface area contributed by atoms with Crippen LogP contribution < -0.4 is 5.73 Å². The third kappa shape index (κ3) is 3.80. The highest BCUT2D eigenvalue weighted by atomic mass is 16.6. The number of carbonyl (C=O) groups excluding carboxylic acids is 2. The third-order valence-electron chi connectivity index (χ3n) is 4.57. The van der Waals surface area contributed by atoms with E-state index in [1.54, 1.807) is 51.1 Å². The van der Waals surface area contributed by atoms with E-state index in [0.29, 0.717) is 16.7 Å². The number of nitrogens with one attached hydrogen (secondary N) is 1. The van der Waals surface area contributed by atoms with E-state index in [4.69, 9.17) is 5.73 Å². The minimum absolute atomic E-state index is 0.0862. The fourth-order valence-electron chi connectivity index (χ4n) is 3.07. The zero-order valence-corrected chi connectivity index (χ0v) is 16.4. The summed E-state index contributed by atoms with van der Waals surface area (Å²) in [6, 6.07) is 14.3. The number of Topliss-reactive ketones (excluding diaryl/α,β-unsaturated/α-hetero) is 1. The molecule has 0 aliphatic rings. The number of aromatic nitrogens is 1. The van der Waals surface area contributed by atoms with Gasteiger partial charge in [0.15, 0.2) is 5.78 Å². The molecule has 0 saturated heterocycles. The summed E-state index contributed by atoms with van der Waals surface area (Å²) in [5, 5.41) is 11.0. The van der Waals surface area contributed by atoms with Gasteiger partial charge in [0, 0.05) is 28.7 Å². The average molecular weight is 391 g/mol. The van der Waals surface area contributed by atoms with E-state index < -0.39 is 10.3 Å². The van der Waals surface area contributed by atoms with E-state index in [-0.39, 0.29) is 34.3 Å². The van der Waals surface area contributed by atoms with Gasteiger partial charge < -0.3 is 10.7 Å². The van der Waals surface area contributed by atoms with Gasteiger partial charge in [-0.15, -0.1) is 0 Å². The van der Waals surface area contributed by atoms with Gasteiger partial charge >= 0.3 is 0 Å². The number of nitro benzene ring substituents is 1. The fraction of sp³-hybridized carbons (Fsp3) is 0.182. The van der Waals surface area contributed by atoms with Crippen LogP contribution in [0.15, 0.2) is 54.6 Å². The number of H-pyrrole nitrogens is 1. The van der Waals surface area contributed by atoms with E-state index >= 15 is 0 Å². The quantitative estimate of drug-likeness (QED) is 0.373. The summed E-state index contributed by atoms with van der Waals surface area (Å²) in [5.41, 5.74) is 6.99. The lowest BCUT2D eigenvalue weighted by Crippen LogP contribution is -2.21. The Hall–Kier alpha value is -3.74. The Kier molecular flexibility index (Phi) is 5.07. The van der Waals surface area contributed by atoms with E-state index in [1.165, 1.54) is 24.3 Å². The molecule has 0 fully saturated rings. The molecule has 0 saturated carbocycles. The molecule has 0 aliphatic heterocycles. The molecule has 3 N–H and O–H groups in total. The van der Waals surface area contributed by atoms with Gasteiger partial charge in [-0.3, -0.25) is 19.7 Å². The number of carbonyl (C=O) groups is 2. The molecule has 3 aromatic rings. The number of nitrogen functional groups attached to an aromatic ring is 1. The van der Waals surface area contributed by atoms with E-state index in [1.807, 2.05) is 0 Å². The van der Waals surface area contributed by atoms with Crippen molar-refractivity contribution in [1.29, 1.82) is 0 Å². The van der Waals surface area contributed by atoms with Gasteiger partial charge in [0.05, 0.1) is 16.2 Å². The molecular weight excluding hydrogens is 370 g/mol. The number of nitrogens with two attached hydrogens (primary N) is 1. The van der Waals surface area contributed by atoms with Crippen LogP contribution in [0, 0.1) is 15.5 Å². The summed E-state index contributed by atoms with van der Waals surface area (Å²) in [6.07, 6.45) is 0. The van der Waals surface area contributed by atoms with E-state index in [2.05, 4.69) is 4.98 Å². The predicted molar refractivity (Wildman–Crippen MR) is 111 cm³/mol. The van der Waals surface area contributed by atoms with Crippen LogP contribution in [0.25, 0.3) is 11.1 Å². The largest absolute Gasteiger partial charge is 0.385 e. The van der Waals surface area contributed by atoms with Gasteiger partial charge in [0.2, 0.25) is 5.78 Å². The summed E-state index contributed by atoms with van der Waals surface area (Å²) >= 11 is 0. The van der Waals surface area contributed by atoms with Crippen LogP contribution in [0.3, 0.4) is 0 Å². The highest BCUT2D eigenvalue weighted by Crippen LogP contribution is 2.37. The number of anilines is 1. The van der Waals surface area contributed by atoms with Crippen molar-refractivity contribution in [2.24, 2.45) is 5.41 Å². The van der Waals surface area contributed by atoms with Gasteiger partial charge in [0.1, 0.15) is 5.82 Å². The van der Waals surface area contributed by atoms with Gasteiger partial charge in [-0.05, 0) is 17.7 Å². The van der Waals surface area contributed by atoms with Gasteiger partial charge in [-0.1, -0.05) is 51.1 Å². The summed E-state index contributed by atoms with van der Waals surface area (Å²) in [6.45, 7) is 5.29. The number of nitro groups is 1. The second-order valence-electron chi connectivity index (χ2n) is 7.74. The van der Waals surface area contributed by atoms with Gasteiger partial charge in [-0.25, -0.2) is 0 Å². The maximum atomic E-state index is 13.1. The number of hydrogen-bond donors (Lipinski definition) is 2. The summed E-state index contributed by atoms with van der Waals surface area (Å²) in [4.78, 5) is 39.6. The van der Waals surface area contributed by atoms with Crippen molar-refractivity contribution in [3.63, 3.8) is 0 Å². The Morgan fingerprint density at radius 3 is 2.10 bits per heavy atom. The molecule has 0 bridgehead atoms. The second kappa shape index (κ2) is 7.35. The summed E-state index contributed by atoms with van der Waals surface area (Å²) in [5.74, 6) is -0.456. The molecule has 0 radical (unpaired) electrons. The molecule has 1 heterocycles. The lowest BCUT2D eigenvalue weighted by Gasteiger charge is -2.18. The fourth-order valence-corrected chi connectivity index (χ4v) is 3.07. The van der Waals surface area contributed by atoms with E-state index in [0.717, 1.165) is 0 Å². The maximum absolute atomic E-state index is 13.1. The predicted octanol–water partition coefficient (Wildman–Crippen LogP) is 4.63. The smallest absolute Gasteiger partial charge is 0.269 e. The first kappa shape index (κ1) is 20.0. The van der Waals surface area contributed by atoms with Gasteiger partial charge in [-0.2, -0.15) is 0 Å². The molecule has 0 spiro atoms. The molecule has 0 aliphatic carbocycles. The molecule has 29 heavy (non-hydrogen) atoms. The van der Waals surface area contributed by atoms with Crippen LogP contribution in [0.2, 0.25) is 0 Å². The highest BCUT2D eigenvalue weighted by Gasteiger charge is 2.32. The van der Waals surface area contributed by atoms with Crippen LogP contribution in [0.4, 0.5) is 11.5 Å². The van der Waals surface area contributed by atoms with Crippen molar-refractivity contribution in [3.05, 3.63) is 81.5 Å². The molecule has 7 heteroatoms. The normalized spacial score (nSPS) is 11.3. The zero-order valence-electron chi connectivity index (χ0n) is 16.4. The minimum atomic E-state index is -0.737. The topological polar surface area (TPSA) is 119 Å². The molecule has 2 aromatic carbocycles. The number of aromatic amines is 1. The standard InChI is InChI=1S/C22H21N3O4/c1-22(2,3)20(27)17-16(13-9-11-15(12-10-13)25(28)29)18(24-21(17)23)19(26)14-7-5-4-6-8-14/h4-12,24H,23H2,1-3H3. The Labute approximate surface area is 167 Å². The van der Waals surface area contributed by atoms with Crippen molar-refractivity contribution in [3.8, 4) is 11.1 Å². The minimum Gasteiger partial charge on any atom is -0.385 e. The van der Waals surface area contributed by atoms with Gasteiger partial charge in [0.25, 0.3) is 5.69 Å². The lowest BCUT2D eigenvalue weighted by molar-refractivity contribution is -0.384. The van der Waals surface area contributed by atoms with Crippen LogP contribution in [-0.2, 0) is 0 Å². The molecule has 0 unspecified atom stereocenters. The number of non-ortho nitro benzene ring substituents is 1. The van der Waals surface area contributed by atoms with Crippen molar-refractivity contribution in [2.75, 3.05) is 5.73 Å². The van der Waals surface area contributed by atoms with Crippen LogP contribution in [0.1, 0.15) is 47.2 Å². The number of nitrogens with zero attached hydrogens (tertiary/aromatic N) is 1. The molecule has 0 atom stereocenters. The van der Waals surface area contributed by atoms with Crippen LogP contribution >= 0.6 is 0 Å². The Bertz CT molecular complexity index is 1090. The van der Waals surface area contributed by atoms with Crippen molar-refractivity contribution < 1.29 is 14.5 Å². The van der Waals surface area contributed by atoms with Crippen molar-refractivity contribution >= 4 is 23.1 Å². The molecule has 148 valence electrons. The number of rotatable bonds is 5. The molecule has 7 nitrogen and oxygen atoms in total. The number of ketones is 2. The first-order valence-corrected chi connectivity index (χ1v) is 9.02. The second-order valence-corrected chi connectivity index (χ2v) is 7.74. The van der Waals surface area contributed by atoms with Crippen molar-refractivity contribution in [1.82, 2.24) is 4.98 Å². The number of benzene rings is 2. The maximum Gasteiger partial charge on any atom is 0.269 e. The van der Waals surface area contributed by atoms with Crippen molar-refractivity contribution in [2.45, 2.75) is 20.8 Å². The lowest BCUT2D eigenvalue weighted by atomic mass is 9.83. The first-order valence-electron chi connectivity index (χ1n) is 9.02. The Morgan fingerprint density at radius 2 is 1.59 bits per heavy atom. The Morgan fingerprint density at radius 1 is 1.00 bits per heavy atom. The Balaban J connectivity index is 2.26. The highest BCUT2D eigenvalue weighted by molar-refractivity contribution is 6.18. The van der Waals surface area contributed by atoms with E-state index in [9.17, 15) is 19.7 Å². The summed E-state index contributed by atoms with van der Waals surface area (Å²) < 4.78 is 0. The molecule has 3 rings (SSSR count). The number of hydrogen-bond acceptors (Lipinski definition) is 5. The third-order valence-corrected chi connectivity index (χ3v) is 4.57. The monoisotopic (exact) mass is 391 g/mol. The zero-order chi connectivity index (χ0) is 21.3. The van der Waals surface area contributed by atoms with Crippen LogP contribution in [0.5, 0.6) is 0 Å². The molecular formula is C22H21N3O4. The summed E-state index contributed by atoms with van der Waals surface area (Å²) in [7, 11) is 0. The molecule has 1 aromatic heterocycles. The molecule has 0 amide bonds.